The Hall–Kier alpha value is -4.99. The Bertz CT molecular complexity index is 1710. The van der Waals surface area contributed by atoms with Gasteiger partial charge in [-0.25, -0.2) is 19.0 Å². The van der Waals surface area contributed by atoms with Gasteiger partial charge in [0, 0.05) is 32.6 Å². The Morgan fingerprint density at radius 1 is 0.857 bits per heavy atom. The lowest BCUT2D eigenvalue weighted by Crippen LogP contribution is -2.49. The summed E-state index contributed by atoms with van der Waals surface area (Å²) in [6.07, 6.45) is 0.545. The Balaban J connectivity index is 1.35. The monoisotopic (exact) mass is 566 g/mol. The van der Waals surface area contributed by atoms with Crippen molar-refractivity contribution in [3.8, 4) is 17.2 Å². The normalized spacial score (nSPS) is 13.4. The van der Waals surface area contributed by atoms with Gasteiger partial charge in [-0.05, 0) is 48.9 Å². The number of hydrogen-bond acceptors (Lipinski definition) is 7. The van der Waals surface area contributed by atoms with Crippen molar-refractivity contribution in [3.05, 3.63) is 101 Å². The summed E-state index contributed by atoms with van der Waals surface area (Å²) < 4.78 is 26.4. The van der Waals surface area contributed by atoms with Crippen molar-refractivity contribution >= 4 is 22.8 Å². The number of carbonyl (C=O) groups excluding carboxylic acids is 1. The van der Waals surface area contributed by atoms with Gasteiger partial charge in [-0.15, -0.1) is 0 Å². The first-order valence-corrected chi connectivity index (χ1v) is 13.8. The number of carbonyl (C=O) groups is 1. The minimum Gasteiger partial charge on any atom is -0.496 e. The van der Waals surface area contributed by atoms with Crippen molar-refractivity contribution in [1.29, 1.82) is 0 Å². The van der Waals surface area contributed by atoms with Crippen LogP contribution in [0.1, 0.15) is 27.4 Å². The molecule has 3 heterocycles. The van der Waals surface area contributed by atoms with Crippen LogP contribution in [0.5, 0.6) is 11.5 Å². The molecule has 0 radical (unpaired) electrons. The lowest BCUT2D eigenvalue weighted by Gasteiger charge is -2.36. The first kappa shape index (κ1) is 27.2. The minimum absolute atomic E-state index is 0.137. The Morgan fingerprint density at radius 3 is 2.17 bits per heavy atom. The van der Waals surface area contributed by atoms with Gasteiger partial charge >= 0.3 is 0 Å². The molecule has 42 heavy (non-hydrogen) atoms. The molecular formula is C32H31FN6O3. The molecule has 0 atom stereocenters. The number of benzene rings is 3. The molecule has 1 amide bonds. The molecule has 0 aliphatic carbocycles. The van der Waals surface area contributed by atoms with Gasteiger partial charge in [0.15, 0.2) is 5.65 Å². The van der Waals surface area contributed by atoms with Gasteiger partial charge in [-0.1, -0.05) is 36.4 Å². The predicted molar refractivity (Wildman–Crippen MR) is 158 cm³/mol. The van der Waals surface area contributed by atoms with Gasteiger partial charge in [-0.3, -0.25) is 4.79 Å². The highest BCUT2D eigenvalue weighted by molar-refractivity contribution is 6.00. The summed E-state index contributed by atoms with van der Waals surface area (Å²) in [6.45, 7) is 4.05. The highest BCUT2D eigenvalue weighted by atomic mass is 19.1. The van der Waals surface area contributed by atoms with Crippen LogP contribution in [-0.2, 0) is 6.42 Å². The minimum atomic E-state index is -0.315. The lowest BCUT2D eigenvalue weighted by molar-refractivity contribution is 0.0739. The topological polar surface area (TPSA) is 85.6 Å². The first-order valence-electron chi connectivity index (χ1n) is 13.8. The van der Waals surface area contributed by atoms with E-state index < -0.39 is 0 Å². The van der Waals surface area contributed by atoms with E-state index in [9.17, 15) is 9.18 Å². The Kier molecular flexibility index (Phi) is 7.43. The molecule has 0 unspecified atom stereocenters. The van der Waals surface area contributed by atoms with Crippen molar-refractivity contribution in [2.45, 2.75) is 13.3 Å². The molecule has 1 fully saturated rings. The fourth-order valence-corrected chi connectivity index (χ4v) is 5.40. The maximum atomic E-state index is 13.7. The summed E-state index contributed by atoms with van der Waals surface area (Å²) in [5.41, 5.74) is 3.65. The smallest absolute Gasteiger partial charge is 0.261 e. The molecule has 0 saturated carbocycles. The first-order chi connectivity index (χ1) is 20.5. The van der Waals surface area contributed by atoms with Gasteiger partial charge in [0.1, 0.15) is 34.5 Å². The van der Waals surface area contributed by atoms with Gasteiger partial charge in [0.25, 0.3) is 5.91 Å². The zero-order chi connectivity index (χ0) is 29.2. The van der Waals surface area contributed by atoms with E-state index in [0.29, 0.717) is 66.8 Å². The quantitative estimate of drug-likeness (QED) is 0.279. The van der Waals surface area contributed by atoms with E-state index >= 15 is 0 Å². The SMILES string of the molecule is COc1cccc(OC)c1C(=O)N1CCN(c2nc(Cc3ccccc3)nc3c2c(C)nn3-c2ccc(F)cc2)CC1. The van der Waals surface area contributed by atoms with Crippen LogP contribution in [0.4, 0.5) is 10.2 Å². The number of amides is 1. The molecule has 5 aromatic rings. The maximum Gasteiger partial charge on any atom is 0.261 e. The van der Waals surface area contributed by atoms with Crippen LogP contribution in [0, 0.1) is 12.7 Å². The molecule has 0 N–H and O–H groups in total. The number of aromatic nitrogens is 4. The molecule has 2 aromatic heterocycles. The average molecular weight is 567 g/mol. The van der Waals surface area contributed by atoms with Crippen LogP contribution >= 0.6 is 0 Å². The summed E-state index contributed by atoms with van der Waals surface area (Å²) in [5, 5.41) is 5.62. The highest BCUT2D eigenvalue weighted by Crippen LogP contribution is 2.32. The second-order valence-corrected chi connectivity index (χ2v) is 10.1. The predicted octanol–water partition coefficient (Wildman–Crippen LogP) is 4.83. The number of anilines is 1. The van der Waals surface area contributed by atoms with E-state index in [-0.39, 0.29) is 11.7 Å². The number of hydrogen-bond donors (Lipinski definition) is 0. The van der Waals surface area contributed by atoms with Gasteiger partial charge in [-0.2, -0.15) is 5.10 Å². The van der Waals surface area contributed by atoms with E-state index in [1.165, 1.54) is 12.1 Å². The summed E-state index contributed by atoms with van der Waals surface area (Å²) in [6, 6.07) is 21.6. The van der Waals surface area contributed by atoms with Crippen LogP contribution in [0.25, 0.3) is 16.7 Å². The van der Waals surface area contributed by atoms with Crippen LogP contribution in [0.3, 0.4) is 0 Å². The Morgan fingerprint density at radius 2 is 1.52 bits per heavy atom. The van der Waals surface area contributed by atoms with E-state index in [0.717, 1.165) is 22.5 Å². The summed E-state index contributed by atoms with van der Waals surface area (Å²) in [5.74, 6) is 1.94. The molecule has 1 aliphatic heterocycles. The van der Waals surface area contributed by atoms with Crippen molar-refractivity contribution in [1.82, 2.24) is 24.6 Å². The number of ether oxygens (including phenoxy) is 2. The number of nitrogens with zero attached hydrogens (tertiary/aromatic N) is 6. The maximum absolute atomic E-state index is 13.7. The zero-order valence-corrected chi connectivity index (χ0v) is 23.7. The molecule has 3 aromatic carbocycles. The summed E-state index contributed by atoms with van der Waals surface area (Å²) in [4.78, 5) is 27.6. The molecule has 10 heteroatoms. The summed E-state index contributed by atoms with van der Waals surface area (Å²) in [7, 11) is 3.09. The van der Waals surface area contributed by atoms with E-state index in [2.05, 4.69) is 4.90 Å². The van der Waals surface area contributed by atoms with Crippen LogP contribution in [-0.4, -0.2) is 71.0 Å². The third kappa shape index (κ3) is 5.11. The fourth-order valence-electron chi connectivity index (χ4n) is 5.40. The number of methoxy groups -OCH3 is 2. The lowest BCUT2D eigenvalue weighted by atomic mass is 10.1. The molecule has 214 valence electrons. The fraction of sp³-hybridized carbons (Fsp3) is 0.250. The number of fused-ring (bicyclic) bond motifs is 1. The molecule has 1 aliphatic rings. The van der Waals surface area contributed by atoms with Crippen molar-refractivity contribution < 1.29 is 18.7 Å². The number of piperazine rings is 1. The second kappa shape index (κ2) is 11.5. The third-order valence-corrected chi connectivity index (χ3v) is 7.51. The number of halogens is 1. The van der Waals surface area contributed by atoms with E-state index in [1.807, 2.05) is 42.2 Å². The number of rotatable bonds is 7. The number of aryl methyl sites for hydroxylation is 1. The van der Waals surface area contributed by atoms with Gasteiger partial charge < -0.3 is 19.3 Å². The molecule has 0 bridgehead atoms. The van der Waals surface area contributed by atoms with Gasteiger partial charge in [0.2, 0.25) is 0 Å². The largest absolute Gasteiger partial charge is 0.496 e. The zero-order valence-electron chi connectivity index (χ0n) is 23.7. The molecule has 9 nitrogen and oxygen atoms in total. The molecule has 6 rings (SSSR count). The van der Waals surface area contributed by atoms with E-state index in [4.69, 9.17) is 24.5 Å². The third-order valence-electron chi connectivity index (χ3n) is 7.51. The van der Waals surface area contributed by atoms with Crippen molar-refractivity contribution in [2.24, 2.45) is 0 Å². The van der Waals surface area contributed by atoms with Gasteiger partial charge in [0.05, 0.1) is 31.0 Å². The molecule has 1 saturated heterocycles. The average Bonchev–Trinajstić information content (AvgIpc) is 3.36. The summed E-state index contributed by atoms with van der Waals surface area (Å²) >= 11 is 0. The van der Waals surface area contributed by atoms with E-state index in [1.54, 1.807) is 49.2 Å². The second-order valence-electron chi connectivity index (χ2n) is 10.1. The van der Waals surface area contributed by atoms with Crippen LogP contribution in [0.2, 0.25) is 0 Å². The van der Waals surface area contributed by atoms with Crippen molar-refractivity contribution in [2.75, 3.05) is 45.3 Å². The van der Waals surface area contributed by atoms with Crippen LogP contribution < -0.4 is 14.4 Å². The molecule has 0 spiro atoms. The van der Waals surface area contributed by atoms with Crippen molar-refractivity contribution in [3.63, 3.8) is 0 Å². The standard InChI is InChI=1S/C32H31FN6O3/c1-21-28-30(37-16-18-38(19-17-37)32(40)29-25(41-2)10-7-11-26(29)42-3)34-27(20-22-8-5-4-6-9-22)35-31(28)39(36-21)24-14-12-23(33)13-15-24/h4-15H,16-20H2,1-3H3. The Labute approximate surface area is 243 Å². The molecular weight excluding hydrogens is 535 g/mol. The van der Waals surface area contributed by atoms with Crippen LogP contribution in [0.15, 0.2) is 72.8 Å². The highest BCUT2D eigenvalue weighted by Gasteiger charge is 2.29.